The lowest BCUT2D eigenvalue weighted by atomic mass is 10.1. The van der Waals surface area contributed by atoms with E-state index < -0.39 is 5.91 Å². The molecule has 0 saturated heterocycles. The molecule has 0 aliphatic heterocycles. The topological polar surface area (TPSA) is 65.1 Å². The fraction of sp³-hybridized carbons (Fsp3) is 0.0909. The Morgan fingerprint density at radius 2 is 2.00 bits per heavy atom. The molecule has 0 fully saturated rings. The van der Waals surface area contributed by atoms with E-state index in [9.17, 15) is 9.59 Å². The standard InChI is InChI=1S/C11H10N2O2/c1-13-6-5-7-8(10(12)14)3-2-4-9(7)11(13)15/h2-6H,1H3,(H2,12,14). The van der Waals surface area contributed by atoms with Gasteiger partial charge in [0.15, 0.2) is 0 Å². The Bertz CT molecular complexity index is 599. The molecular formula is C11H10N2O2. The van der Waals surface area contributed by atoms with Crippen LogP contribution in [0.2, 0.25) is 0 Å². The number of carbonyl (C=O) groups excluding carboxylic acids is 1. The summed E-state index contributed by atoms with van der Waals surface area (Å²) in [6, 6.07) is 6.68. The molecule has 2 N–H and O–H groups in total. The van der Waals surface area contributed by atoms with Gasteiger partial charge in [-0.25, -0.2) is 0 Å². The maximum absolute atomic E-state index is 11.7. The summed E-state index contributed by atoms with van der Waals surface area (Å²) in [5, 5.41) is 1.12. The first-order valence-electron chi connectivity index (χ1n) is 4.49. The highest BCUT2D eigenvalue weighted by atomic mass is 16.1. The minimum absolute atomic E-state index is 0.129. The largest absolute Gasteiger partial charge is 0.366 e. The quantitative estimate of drug-likeness (QED) is 0.737. The average Bonchev–Trinajstić information content (AvgIpc) is 2.23. The SMILES string of the molecule is Cn1ccc2c(C(N)=O)cccc2c1=O. The maximum Gasteiger partial charge on any atom is 0.258 e. The van der Waals surface area contributed by atoms with Gasteiger partial charge in [0.05, 0.1) is 0 Å². The van der Waals surface area contributed by atoms with Gasteiger partial charge < -0.3 is 10.3 Å². The van der Waals surface area contributed by atoms with Crippen LogP contribution in [0.1, 0.15) is 10.4 Å². The highest BCUT2D eigenvalue weighted by molar-refractivity contribution is 6.05. The second-order valence-electron chi connectivity index (χ2n) is 3.36. The van der Waals surface area contributed by atoms with Gasteiger partial charge in [-0.3, -0.25) is 9.59 Å². The minimum atomic E-state index is -0.520. The number of carbonyl (C=O) groups is 1. The Balaban J connectivity index is 2.96. The molecule has 0 atom stereocenters. The maximum atomic E-state index is 11.7. The third-order valence-corrected chi connectivity index (χ3v) is 2.39. The summed E-state index contributed by atoms with van der Waals surface area (Å²) in [7, 11) is 1.67. The summed E-state index contributed by atoms with van der Waals surface area (Å²) in [5.74, 6) is -0.520. The van der Waals surface area contributed by atoms with Gasteiger partial charge in [-0.2, -0.15) is 0 Å². The van der Waals surface area contributed by atoms with Crippen LogP contribution in [0.15, 0.2) is 35.3 Å². The van der Waals surface area contributed by atoms with Crippen LogP contribution in [0, 0.1) is 0 Å². The number of benzene rings is 1. The van der Waals surface area contributed by atoms with E-state index in [1.807, 2.05) is 0 Å². The van der Waals surface area contributed by atoms with Crippen molar-refractivity contribution in [1.29, 1.82) is 0 Å². The van der Waals surface area contributed by atoms with Gasteiger partial charge in [-0.15, -0.1) is 0 Å². The van der Waals surface area contributed by atoms with Crippen molar-refractivity contribution in [2.24, 2.45) is 12.8 Å². The van der Waals surface area contributed by atoms with Crippen molar-refractivity contribution < 1.29 is 4.79 Å². The van der Waals surface area contributed by atoms with E-state index in [1.54, 1.807) is 37.5 Å². The number of pyridine rings is 1. The molecule has 1 aromatic carbocycles. The summed E-state index contributed by atoms with van der Waals surface area (Å²) in [5.41, 5.74) is 5.47. The monoisotopic (exact) mass is 202 g/mol. The van der Waals surface area contributed by atoms with Crippen molar-refractivity contribution in [3.63, 3.8) is 0 Å². The Kier molecular flexibility index (Phi) is 2.04. The van der Waals surface area contributed by atoms with Gasteiger partial charge in [-0.1, -0.05) is 6.07 Å². The van der Waals surface area contributed by atoms with E-state index in [4.69, 9.17) is 5.73 Å². The van der Waals surface area contributed by atoms with Crippen molar-refractivity contribution in [1.82, 2.24) is 4.57 Å². The number of nitrogens with two attached hydrogens (primary N) is 1. The number of hydrogen-bond donors (Lipinski definition) is 1. The first-order chi connectivity index (χ1) is 7.11. The average molecular weight is 202 g/mol. The molecule has 1 aromatic heterocycles. The first-order valence-corrected chi connectivity index (χ1v) is 4.49. The predicted octanol–water partition coefficient (Wildman–Crippen LogP) is 0.637. The number of aromatic nitrogens is 1. The summed E-state index contributed by atoms with van der Waals surface area (Å²) < 4.78 is 1.47. The van der Waals surface area contributed by atoms with Gasteiger partial charge >= 0.3 is 0 Å². The van der Waals surface area contributed by atoms with Crippen LogP contribution in [0.3, 0.4) is 0 Å². The molecule has 4 nitrogen and oxygen atoms in total. The number of rotatable bonds is 1. The van der Waals surface area contributed by atoms with Crippen LogP contribution >= 0.6 is 0 Å². The molecule has 1 heterocycles. The van der Waals surface area contributed by atoms with E-state index in [-0.39, 0.29) is 5.56 Å². The molecule has 4 heteroatoms. The van der Waals surface area contributed by atoms with Crippen molar-refractivity contribution in [2.75, 3.05) is 0 Å². The summed E-state index contributed by atoms with van der Waals surface area (Å²) in [6.45, 7) is 0. The molecule has 15 heavy (non-hydrogen) atoms. The molecular weight excluding hydrogens is 192 g/mol. The van der Waals surface area contributed by atoms with E-state index in [0.29, 0.717) is 16.3 Å². The van der Waals surface area contributed by atoms with Gasteiger partial charge in [-0.05, 0) is 18.2 Å². The van der Waals surface area contributed by atoms with E-state index >= 15 is 0 Å². The van der Waals surface area contributed by atoms with Crippen LogP contribution < -0.4 is 11.3 Å². The fourth-order valence-electron chi connectivity index (χ4n) is 1.59. The molecule has 2 aromatic rings. The zero-order chi connectivity index (χ0) is 11.0. The summed E-state index contributed by atoms with van der Waals surface area (Å²) in [6.07, 6.45) is 1.62. The molecule has 0 bridgehead atoms. The van der Waals surface area contributed by atoms with Crippen molar-refractivity contribution in [2.45, 2.75) is 0 Å². The first kappa shape index (κ1) is 9.45. The van der Waals surface area contributed by atoms with E-state index in [1.165, 1.54) is 4.57 Å². The zero-order valence-electron chi connectivity index (χ0n) is 8.23. The summed E-state index contributed by atoms with van der Waals surface area (Å²) in [4.78, 5) is 22.8. The lowest BCUT2D eigenvalue weighted by Crippen LogP contribution is -2.18. The number of fused-ring (bicyclic) bond motifs is 1. The molecule has 1 amide bonds. The zero-order valence-corrected chi connectivity index (χ0v) is 8.23. The third kappa shape index (κ3) is 1.40. The van der Waals surface area contributed by atoms with Crippen LogP contribution in [0.4, 0.5) is 0 Å². The molecule has 0 saturated carbocycles. The Labute approximate surface area is 85.9 Å². The van der Waals surface area contributed by atoms with Crippen LogP contribution in [0.5, 0.6) is 0 Å². The van der Waals surface area contributed by atoms with Gasteiger partial charge in [0, 0.05) is 29.6 Å². The van der Waals surface area contributed by atoms with Gasteiger partial charge in [0.25, 0.3) is 5.56 Å². The van der Waals surface area contributed by atoms with Crippen molar-refractivity contribution >= 4 is 16.7 Å². The highest BCUT2D eigenvalue weighted by Gasteiger charge is 2.08. The Morgan fingerprint density at radius 3 is 2.67 bits per heavy atom. The van der Waals surface area contributed by atoms with Crippen LogP contribution in [-0.2, 0) is 7.05 Å². The molecule has 0 unspecified atom stereocenters. The number of hydrogen-bond acceptors (Lipinski definition) is 2. The molecule has 0 radical (unpaired) electrons. The Morgan fingerprint density at radius 1 is 1.27 bits per heavy atom. The molecule has 2 rings (SSSR count). The second-order valence-corrected chi connectivity index (χ2v) is 3.36. The molecule has 0 spiro atoms. The summed E-state index contributed by atoms with van der Waals surface area (Å²) >= 11 is 0. The van der Waals surface area contributed by atoms with Crippen LogP contribution in [0.25, 0.3) is 10.8 Å². The van der Waals surface area contributed by atoms with Gasteiger partial charge in [0.1, 0.15) is 0 Å². The lowest BCUT2D eigenvalue weighted by Gasteiger charge is -2.04. The number of aryl methyl sites for hydroxylation is 1. The minimum Gasteiger partial charge on any atom is -0.366 e. The number of nitrogens with zero attached hydrogens (tertiary/aromatic N) is 1. The number of amides is 1. The molecule has 0 aliphatic rings. The third-order valence-electron chi connectivity index (χ3n) is 2.39. The predicted molar refractivity (Wildman–Crippen MR) is 57.7 cm³/mol. The second kappa shape index (κ2) is 3.24. The highest BCUT2D eigenvalue weighted by Crippen LogP contribution is 2.14. The van der Waals surface area contributed by atoms with Crippen molar-refractivity contribution in [3.05, 3.63) is 46.4 Å². The van der Waals surface area contributed by atoms with Crippen LogP contribution in [-0.4, -0.2) is 10.5 Å². The van der Waals surface area contributed by atoms with Crippen molar-refractivity contribution in [3.8, 4) is 0 Å². The Hall–Kier alpha value is -2.10. The normalized spacial score (nSPS) is 10.5. The number of primary amides is 1. The van der Waals surface area contributed by atoms with E-state index in [2.05, 4.69) is 0 Å². The fourth-order valence-corrected chi connectivity index (χ4v) is 1.59. The smallest absolute Gasteiger partial charge is 0.258 e. The van der Waals surface area contributed by atoms with Gasteiger partial charge in [0.2, 0.25) is 5.91 Å². The van der Waals surface area contributed by atoms with E-state index in [0.717, 1.165) is 0 Å². The lowest BCUT2D eigenvalue weighted by molar-refractivity contribution is 0.100. The molecule has 0 aliphatic carbocycles. The molecule has 76 valence electrons.